The molecule has 3 nitrogen and oxygen atoms in total. The number of hydrogen-bond donors (Lipinski definition) is 1. The first kappa shape index (κ1) is 13.6. The minimum atomic E-state index is 0.177. The minimum absolute atomic E-state index is 0.177. The molecule has 0 fully saturated rings. The summed E-state index contributed by atoms with van der Waals surface area (Å²) < 4.78 is 5.14. The molecule has 1 N–H and O–H groups in total. The Morgan fingerprint density at radius 2 is 2.12 bits per heavy atom. The highest BCUT2D eigenvalue weighted by Gasteiger charge is 2.15. The highest BCUT2D eigenvalue weighted by Crippen LogP contribution is 2.24. The second kappa shape index (κ2) is 6.28. The average Bonchev–Trinajstić information content (AvgIpc) is 2.20. The number of ether oxygens (including phenoxy) is 1. The Hall–Kier alpha value is -0.510. The third-order valence-electron chi connectivity index (χ3n) is 2.28. The fourth-order valence-corrected chi connectivity index (χ4v) is 1.71. The Labute approximate surface area is 106 Å². The van der Waals surface area contributed by atoms with E-state index in [4.69, 9.17) is 27.9 Å². The molecule has 1 rings (SSSR count). The number of hydrogen-bond acceptors (Lipinski definition) is 3. The van der Waals surface area contributed by atoms with Gasteiger partial charge in [0, 0.05) is 13.3 Å². The first-order valence-corrected chi connectivity index (χ1v) is 5.86. The molecule has 90 valence electrons. The summed E-state index contributed by atoms with van der Waals surface area (Å²) in [6.07, 6.45) is 1.57. The van der Waals surface area contributed by atoms with Gasteiger partial charge in [-0.15, -0.1) is 0 Å². The predicted molar refractivity (Wildman–Crippen MR) is 68.4 cm³/mol. The van der Waals surface area contributed by atoms with Crippen molar-refractivity contribution in [2.24, 2.45) is 5.92 Å². The zero-order chi connectivity index (χ0) is 12.1. The van der Waals surface area contributed by atoms with Gasteiger partial charge in [-0.05, 0) is 12.0 Å². The maximum atomic E-state index is 6.03. The smallest absolute Gasteiger partial charge is 0.145 e. The summed E-state index contributed by atoms with van der Waals surface area (Å²) in [6.45, 7) is 4.83. The summed E-state index contributed by atoms with van der Waals surface area (Å²) in [7, 11) is 1.67. The van der Waals surface area contributed by atoms with Crippen molar-refractivity contribution in [1.82, 2.24) is 4.98 Å². The quantitative estimate of drug-likeness (QED) is 0.883. The molecule has 16 heavy (non-hydrogen) atoms. The van der Waals surface area contributed by atoms with E-state index in [1.54, 1.807) is 19.4 Å². The van der Waals surface area contributed by atoms with Crippen LogP contribution in [0.15, 0.2) is 12.3 Å². The van der Waals surface area contributed by atoms with Crippen molar-refractivity contribution < 1.29 is 4.74 Å². The Kier molecular flexibility index (Phi) is 5.32. The molecule has 1 aromatic rings. The van der Waals surface area contributed by atoms with Crippen LogP contribution in [0, 0.1) is 5.92 Å². The standard InChI is InChI=1S/C11H16Cl2N2O/c1-7(2)10(6-16-3)15-11-9(13)4-8(12)5-14-11/h4-5,7,10H,6H2,1-3H3,(H,14,15). The Bertz CT molecular complexity index is 345. The molecule has 0 aliphatic heterocycles. The van der Waals surface area contributed by atoms with Gasteiger partial charge in [0.25, 0.3) is 0 Å². The zero-order valence-electron chi connectivity index (χ0n) is 9.63. The summed E-state index contributed by atoms with van der Waals surface area (Å²) in [6, 6.07) is 1.85. The third kappa shape index (κ3) is 3.81. The van der Waals surface area contributed by atoms with Gasteiger partial charge in [-0.25, -0.2) is 4.98 Å². The van der Waals surface area contributed by atoms with Crippen molar-refractivity contribution in [1.29, 1.82) is 0 Å². The molecular formula is C11H16Cl2N2O. The van der Waals surface area contributed by atoms with Crippen LogP contribution >= 0.6 is 23.2 Å². The SMILES string of the molecule is COCC(Nc1ncc(Cl)cc1Cl)C(C)C. The summed E-state index contributed by atoms with van der Waals surface area (Å²) >= 11 is 11.8. The predicted octanol–water partition coefficient (Wildman–Crippen LogP) is 3.47. The van der Waals surface area contributed by atoms with Crippen LogP contribution in [0.3, 0.4) is 0 Å². The van der Waals surface area contributed by atoms with Crippen LogP contribution < -0.4 is 5.32 Å². The number of aromatic nitrogens is 1. The monoisotopic (exact) mass is 262 g/mol. The van der Waals surface area contributed by atoms with Crippen molar-refractivity contribution in [3.63, 3.8) is 0 Å². The van der Waals surface area contributed by atoms with Gasteiger partial charge in [-0.1, -0.05) is 37.0 Å². The molecule has 0 aromatic carbocycles. The number of anilines is 1. The number of halogens is 2. The molecule has 0 aliphatic rings. The molecule has 1 atom stereocenters. The number of methoxy groups -OCH3 is 1. The molecule has 1 heterocycles. The molecule has 1 unspecified atom stereocenters. The van der Waals surface area contributed by atoms with Gasteiger partial charge >= 0.3 is 0 Å². The maximum Gasteiger partial charge on any atom is 0.145 e. The largest absolute Gasteiger partial charge is 0.383 e. The van der Waals surface area contributed by atoms with E-state index >= 15 is 0 Å². The molecule has 0 saturated carbocycles. The van der Waals surface area contributed by atoms with Gasteiger partial charge < -0.3 is 10.1 Å². The average molecular weight is 263 g/mol. The van der Waals surface area contributed by atoms with Crippen molar-refractivity contribution >= 4 is 29.0 Å². The van der Waals surface area contributed by atoms with Crippen molar-refractivity contribution in [3.8, 4) is 0 Å². The van der Waals surface area contributed by atoms with Crippen LogP contribution in [0.2, 0.25) is 10.0 Å². The molecular weight excluding hydrogens is 247 g/mol. The third-order valence-corrected chi connectivity index (χ3v) is 2.78. The Morgan fingerprint density at radius 1 is 1.44 bits per heavy atom. The second-order valence-corrected chi connectivity index (χ2v) is 4.78. The molecule has 0 radical (unpaired) electrons. The summed E-state index contributed by atoms with van der Waals surface area (Å²) in [5.41, 5.74) is 0. The molecule has 0 amide bonds. The lowest BCUT2D eigenvalue weighted by Crippen LogP contribution is -2.30. The normalized spacial score (nSPS) is 12.9. The molecule has 0 spiro atoms. The molecule has 0 bridgehead atoms. The summed E-state index contributed by atoms with van der Waals surface area (Å²) in [5, 5.41) is 4.30. The van der Waals surface area contributed by atoms with Gasteiger partial charge in [-0.3, -0.25) is 0 Å². The van der Waals surface area contributed by atoms with Gasteiger partial charge in [0.1, 0.15) is 5.82 Å². The van der Waals surface area contributed by atoms with Gasteiger partial charge in [0.05, 0.1) is 22.7 Å². The lowest BCUT2D eigenvalue weighted by molar-refractivity contribution is 0.171. The number of nitrogens with one attached hydrogen (secondary N) is 1. The van der Waals surface area contributed by atoms with Crippen LogP contribution in [-0.2, 0) is 4.74 Å². The van der Waals surface area contributed by atoms with Crippen LogP contribution in [0.5, 0.6) is 0 Å². The first-order chi connectivity index (χ1) is 7.54. The van der Waals surface area contributed by atoms with E-state index in [1.165, 1.54) is 0 Å². The van der Waals surface area contributed by atoms with E-state index in [2.05, 4.69) is 24.1 Å². The summed E-state index contributed by atoms with van der Waals surface area (Å²) in [4.78, 5) is 4.15. The van der Waals surface area contributed by atoms with Crippen molar-refractivity contribution in [3.05, 3.63) is 22.3 Å². The lowest BCUT2D eigenvalue weighted by Gasteiger charge is -2.22. The highest BCUT2D eigenvalue weighted by molar-refractivity contribution is 6.35. The van der Waals surface area contributed by atoms with Crippen LogP contribution in [0.1, 0.15) is 13.8 Å². The Balaban J connectivity index is 2.77. The van der Waals surface area contributed by atoms with E-state index in [9.17, 15) is 0 Å². The molecule has 5 heteroatoms. The number of nitrogens with zero attached hydrogens (tertiary/aromatic N) is 1. The van der Waals surface area contributed by atoms with E-state index in [0.717, 1.165) is 0 Å². The van der Waals surface area contributed by atoms with Crippen LogP contribution in [0.25, 0.3) is 0 Å². The number of rotatable bonds is 5. The molecule has 0 saturated heterocycles. The van der Waals surface area contributed by atoms with Gasteiger partial charge in [0.15, 0.2) is 0 Å². The number of pyridine rings is 1. The Morgan fingerprint density at radius 3 is 2.62 bits per heavy atom. The fourth-order valence-electron chi connectivity index (χ4n) is 1.28. The molecule has 1 aromatic heterocycles. The van der Waals surface area contributed by atoms with Crippen molar-refractivity contribution in [2.75, 3.05) is 19.0 Å². The maximum absolute atomic E-state index is 6.03. The van der Waals surface area contributed by atoms with Crippen LogP contribution in [-0.4, -0.2) is 24.7 Å². The first-order valence-electron chi connectivity index (χ1n) is 5.11. The van der Waals surface area contributed by atoms with E-state index in [1.807, 2.05) is 0 Å². The van der Waals surface area contributed by atoms with Gasteiger partial charge in [-0.2, -0.15) is 0 Å². The zero-order valence-corrected chi connectivity index (χ0v) is 11.1. The van der Waals surface area contributed by atoms with Crippen molar-refractivity contribution in [2.45, 2.75) is 19.9 Å². The van der Waals surface area contributed by atoms with Crippen LogP contribution in [0.4, 0.5) is 5.82 Å². The topological polar surface area (TPSA) is 34.1 Å². The highest BCUT2D eigenvalue weighted by atomic mass is 35.5. The van der Waals surface area contributed by atoms with E-state index in [0.29, 0.717) is 28.4 Å². The second-order valence-electron chi connectivity index (χ2n) is 3.93. The van der Waals surface area contributed by atoms with Gasteiger partial charge in [0.2, 0.25) is 0 Å². The van der Waals surface area contributed by atoms with E-state index in [-0.39, 0.29) is 6.04 Å². The van der Waals surface area contributed by atoms with E-state index < -0.39 is 0 Å². The summed E-state index contributed by atoms with van der Waals surface area (Å²) in [5.74, 6) is 1.07. The fraction of sp³-hybridized carbons (Fsp3) is 0.545. The molecule has 0 aliphatic carbocycles. The lowest BCUT2D eigenvalue weighted by atomic mass is 10.1. The minimum Gasteiger partial charge on any atom is -0.383 e.